The third-order valence-corrected chi connectivity index (χ3v) is 6.37. The highest BCUT2D eigenvalue weighted by molar-refractivity contribution is 5.76. The molecule has 3 rings (SSSR count). The molecular formula is C20H32N4O14. The van der Waals surface area contributed by atoms with Crippen molar-refractivity contribution in [1.29, 1.82) is 0 Å². The molecule has 2 aliphatic rings. The van der Waals surface area contributed by atoms with Crippen LogP contribution in [0.3, 0.4) is 0 Å². The Morgan fingerprint density at radius 2 is 1.92 bits per heavy atom. The Kier molecular flexibility index (Phi) is 9.71. The van der Waals surface area contributed by atoms with Crippen LogP contribution in [-0.4, -0.2) is 147 Å². The lowest BCUT2D eigenvalue weighted by Gasteiger charge is -2.46. The van der Waals surface area contributed by atoms with Crippen LogP contribution in [0.25, 0.3) is 0 Å². The monoisotopic (exact) mass is 552 g/mol. The number of carbonyl (C=O) groups is 2. The molecule has 216 valence electrons. The van der Waals surface area contributed by atoms with Crippen molar-refractivity contribution >= 4 is 11.9 Å². The fourth-order valence-corrected chi connectivity index (χ4v) is 4.39. The quantitative estimate of drug-likeness (QED) is 0.129. The van der Waals surface area contributed by atoms with E-state index in [1.807, 2.05) is 0 Å². The number of amides is 1. The lowest BCUT2D eigenvalue weighted by atomic mass is 9.88. The van der Waals surface area contributed by atoms with Crippen LogP contribution in [0.5, 0.6) is 0 Å². The van der Waals surface area contributed by atoms with Crippen LogP contribution in [0, 0.1) is 0 Å². The molecule has 0 aromatic carbocycles. The van der Waals surface area contributed by atoms with Crippen LogP contribution in [0.2, 0.25) is 0 Å². The Morgan fingerprint density at radius 3 is 2.50 bits per heavy atom. The highest BCUT2D eigenvalue weighted by atomic mass is 16.7. The average Bonchev–Trinajstić information content (AvgIpc) is 3.33. The number of carbonyl (C=O) groups excluding carboxylic acids is 1. The third kappa shape index (κ3) is 6.10. The molecule has 38 heavy (non-hydrogen) atoms. The molecule has 18 nitrogen and oxygen atoms in total. The van der Waals surface area contributed by atoms with E-state index in [1.165, 1.54) is 0 Å². The minimum Gasteiger partial charge on any atom is -0.477 e. The second-order valence-corrected chi connectivity index (χ2v) is 9.08. The molecule has 0 bridgehead atoms. The molecule has 3 heterocycles. The van der Waals surface area contributed by atoms with Gasteiger partial charge in [0.1, 0.15) is 48.4 Å². The number of nitrogens with zero attached hydrogens (tertiary/aromatic N) is 3. The van der Waals surface area contributed by atoms with Gasteiger partial charge in [0.2, 0.25) is 5.91 Å². The van der Waals surface area contributed by atoms with Gasteiger partial charge in [-0.05, 0) is 0 Å². The van der Waals surface area contributed by atoms with Gasteiger partial charge in [0.05, 0.1) is 38.2 Å². The fourth-order valence-electron chi connectivity index (χ4n) is 4.39. The molecular weight excluding hydrogens is 520 g/mol. The molecule has 0 unspecified atom stereocenters. The number of aliphatic hydroxyl groups excluding tert-OH is 8. The number of aliphatic hydroxyl groups is 8. The normalized spacial score (nSPS) is 37.4. The van der Waals surface area contributed by atoms with E-state index >= 15 is 0 Å². The number of hydrogen-bond acceptors (Lipinski definition) is 15. The summed E-state index contributed by atoms with van der Waals surface area (Å²) in [4.78, 5) is 23.8. The Balaban J connectivity index is 1.82. The predicted molar refractivity (Wildman–Crippen MR) is 116 cm³/mol. The summed E-state index contributed by atoms with van der Waals surface area (Å²) in [5, 5.41) is 99.7. The van der Waals surface area contributed by atoms with Gasteiger partial charge in [-0.3, -0.25) is 4.79 Å². The van der Waals surface area contributed by atoms with Gasteiger partial charge in [-0.25, -0.2) is 9.48 Å². The van der Waals surface area contributed by atoms with Crippen molar-refractivity contribution in [3.8, 4) is 0 Å². The first-order valence-corrected chi connectivity index (χ1v) is 11.5. The van der Waals surface area contributed by atoms with E-state index in [0.717, 1.165) is 17.8 Å². The third-order valence-electron chi connectivity index (χ3n) is 6.37. The summed E-state index contributed by atoms with van der Waals surface area (Å²) in [6.45, 7) is -1.14. The zero-order valence-electron chi connectivity index (χ0n) is 20.1. The van der Waals surface area contributed by atoms with Crippen molar-refractivity contribution in [2.45, 2.75) is 86.8 Å². The summed E-state index contributed by atoms with van der Waals surface area (Å²) in [6.07, 6.45) is -12.9. The van der Waals surface area contributed by atoms with E-state index < -0.39 is 105 Å². The van der Waals surface area contributed by atoms with Crippen molar-refractivity contribution in [3.05, 3.63) is 11.9 Å². The number of nitrogens with one attached hydrogen (secondary N) is 1. The molecule has 1 amide bonds. The first kappa shape index (κ1) is 30.2. The van der Waals surface area contributed by atoms with E-state index in [9.17, 15) is 55.5 Å². The molecule has 10 N–H and O–H groups in total. The van der Waals surface area contributed by atoms with Crippen LogP contribution in [0.4, 0.5) is 0 Å². The largest absolute Gasteiger partial charge is 0.477 e. The van der Waals surface area contributed by atoms with E-state index in [0.29, 0.717) is 0 Å². The van der Waals surface area contributed by atoms with Gasteiger partial charge in [-0.15, -0.1) is 5.10 Å². The number of carboxylic acids is 1. The standard InChI is InChI=1S/C20H32N4O14/c1-7(27)21-12-9(28)2-20(19(34)35,38-17(12)14(30)10(29)4-25)36-6-8-3-24(23-22-8)13-15(31)11(5-26)37-18(33)16(13)32/h3,9-18,25-26,28-33H,2,4-6H2,1H3,(H,21,27)(H,34,35)/t9-,10+,11+,12+,13-,14+,15+,16+,17+,18-,20+/m0/s1. The molecule has 0 radical (unpaired) electrons. The summed E-state index contributed by atoms with van der Waals surface area (Å²) < 4.78 is 16.8. The summed E-state index contributed by atoms with van der Waals surface area (Å²) in [5.41, 5.74) is -0.0545. The Labute approximate surface area is 214 Å². The van der Waals surface area contributed by atoms with Crippen LogP contribution in [0.15, 0.2) is 6.20 Å². The van der Waals surface area contributed by atoms with Crippen LogP contribution in [-0.2, 0) is 30.4 Å². The number of aromatic nitrogens is 3. The molecule has 1 aromatic heterocycles. The average molecular weight is 552 g/mol. The van der Waals surface area contributed by atoms with Crippen molar-refractivity contribution in [2.75, 3.05) is 13.2 Å². The Morgan fingerprint density at radius 1 is 1.24 bits per heavy atom. The molecule has 18 heteroatoms. The summed E-state index contributed by atoms with van der Waals surface area (Å²) in [6, 6.07) is -2.68. The summed E-state index contributed by atoms with van der Waals surface area (Å²) in [5.74, 6) is -5.00. The molecule has 1 aromatic rings. The first-order chi connectivity index (χ1) is 17.8. The van der Waals surface area contributed by atoms with Crippen LogP contribution in [0.1, 0.15) is 25.1 Å². The number of ether oxygens (including phenoxy) is 3. The molecule has 2 aliphatic heterocycles. The molecule has 0 aliphatic carbocycles. The van der Waals surface area contributed by atoms with Crippen LogP contribution >= 0.6 is 0 Å². The Bertz CT molecular complexity index is 966. The number of carboxylic acid groups (broad SMARTS) is 1. The molecule has 11 atom stereocenters. The SMILES string of the molecule is CC(=O)N[C@H]1[C@H]([C@H](O)[C@H](O)CO)O[C@@](OCc2cn([C@@H]3[C@@H](O)[C@@H](O)O[C@H](CO)[C@H]3O)nn2)(C(=O)O)C[C@@H]1O. The lowest BCUT2D eigenvalue weighted by Crippen LogP contribution is -2.67. The first-order valence-electron chi connectivity index (χ1n) is 11.5. The lowest BCUT2D eigenvalue weighted by molar-refractivity contribution is -0.315. The Hall–Kier alpha value is -2.36. The maximum Gasteiger partial charge on any atom is 0.364 e. The second-order valence-electron chi connectivity index (χ2n) is 9.08. The zero-order valence-corrected chi connectivity index (χ0v) is 20.1. The van der Waals surface area contributed by atoms with E-state index in [1.54, 1.807) is 0 Å². The zero-order chi connectivity index (χ0) is 28.4. The van der Waals surface area contributed by atoms with Crippen molar-refractivity contribution in [1.82, 2.24) is 20.3 Å². The van der Waals surface area contributed by atoms with Gasteiger partial charge in [0, 0.05) is 13.3 Å². The predicted octanol–water partition coefficient (Wildman–Crippen LogP) is -6.08. The number of rotatable bonds is 10. The van der Waals surface area contributed by atoms with Gasteiger partial charge in [-0.2, -0.15) is 0 Å². The summed E-state index contributed by atoms with van der Waals surface area (Å²) in [7, 11) is 0. The van der Waals surface area contributed by atoms with E-state index in [2.05, 4.69) is 15.6 Å². The van der Waals surface area contributed by atoms with Gasteiger partial charge in [-0.1, -0.05) is 5.21 Å². The fraction of sp³-hybridized carbons (Fsp3) is 0.800. The smallest absolute Gasteiger partial charge is 0.364 e. The summed E-state index contributed by atoms with van der Waals surface area (Å²) >= 11 is 0. The van der Waals surface area contributed by atoms with Gasteiger partial charge < -0.3 is 65.5 Å². The maximum absolute atomic E-state index is 12.2. The number of aliphatic carboxylic acids is 1. The van der Waals surface area contributed by atoms with Crippen molar-refractivity contribution in [3.63, 3.8) is 0 Å². The van der Waals surface area contributed by atoms with Gasteiger partial charge >= 0.3 is 5.97 Å². The number of hydrogen-bond donors (Lipinski definition) is 10. The topological polar surface area (TPSA) is 287 Å². The van der Waals surface area contributed by atoms with E-state index in [4.69, 9.17) is 14.2 Å². The highest BCUT2D eigenvalue weighted by Gasteiger charge is 2.56. The maximum atomic E-state index is 12.2. The van der Waals surface area contributed by atoms with Crippen molar-refractivity contribution in [2.24, 2.45) is 0 Å². The minimum atomic E-state index is -2.62. The van der Waals surface area contributed by atoms with Gasteiger partial charge in [0.25, 0.3) is 5.79 Å². The molecule has 0 spiro atoms. The molecule has 2 saturated heterocycles. The van der Waals surface area contributed by atoms with E-state index in [-0.39, 0.29) is 5.69 Å². The van der Waals surface area contributed by atoms with Crippen LogP contribution < -0.4 is 5.32 Å². The van der Waals surface area contributed by atoms with Crippen molar-refractivity contribution < 1.29 is 69.8 Å². The minimum absolute atomic E-state index is 0.0545. The molecule has 2 fully saturated rings. The second kappa shape index (κ2) is 12.2. The van der Waals surface area contributed by atoms with Gasteiger partial charge in [0.15, 0.2) is 6.29 Å². The highest BCUT2D eigenvalue weighted by Crippen LogP contribution is 2.34. The molecule has 0 saturated carbocycles.